The molecule has 1 unspecified atom stereocenters. The van der Waals surface area contributed by atoms with E-state index in [2.05, 4.69) is 10.3 Å². The Kier molecular flexibility index (Phi) is 4.25. The molecule has 0 saturated heterocycles. The standard InChI is InChI=1S/C20H16N2O4/c23-12-17(19-8-4-10-26-19)22-20(24)14-11-16(18-7-3-9-25-18)21-15-6-2-1-5-13(14)15/h1-11,17,23H,12H2,(H,22,24). The van der Waals surface area contributed by atoms with Gasteiger partial charge in [0.2, 0.25) is 0 Å². The lowest BCUT2D eigenvalue weighted by atomic mass is 10.1. The number of carbonyl (C=O) groups excluding carboxylic acids is 1. The number of benzene rings is 1. The van der Waals surface area contributed by atoms with E-state index in [4.69, 9.17) is 8.83 Å². The van der Waals surface area contributed by atoms with E-state index in [1.165, 1.54) is 6.26 Å². The molecule has 0 fully saturated rings. The number of fused-ring (bicyclic) bond motifs is 1. The minimum Gasteiger partial charge on any atom is -0.467 e. The summed E-state index contributed by atoms with van der Waals surface area (Å²) in [6, 6.07) is 15.4. The third kappa shape index (κ3) is 2.98. The summed E-state index contributed by atoms with van der Waals surface area (Å²) in [4.78, 5) is 17.5. The number of furan rings is 2. The summed E-state index contributed by atoms with van der Waals surface area (Å²) >= 11 is 0. The Hall–Kier alpha value is -3.38. The summed E-state index contributed by atoms with van der Waals surface area (Å²) in [5, 5.41) is 13.1. The highest BCUT2D eigenvalue weighted by atomic mass is 16.3. The first-order valence-corrected chi connectivity index (χ1v) is 8.15. The third-order valence-electron chi connectivity index (χ3n) is 4.11. The van der Waals surface area contributed by atoms with E-state index in [0.29, 0.717) is 28.3 Å². The zero-order valence-electron chi connectivity index (χ0n) is 13.8. The van der Waals surface area contributed by atoms with Crippen LogP contribution in [0.3, 0.4) is 0 Å². The monoisotopic (exact) mass is 348 g/mol. The fraction of sp³-hybridized carbons (Fsp3) is 0.100. The molecular formula is C20H16N2O4. The highest BCUT2D eigenvalue weighted by Gasteiger charge is 2.20. The van der Waals surface area contributed by atoms with E-state index in [0.717, 1.165) is 5.39 Å². The van der Waals surface area contributed by atoms with Crippen molar-refractivity contribution in [3.05, 3.63) is 78.4 Å². The quantitative estimate of drug-likeness (QED) is 0.576. The maximum absolute atomic E-state index is 12.9. The molecule has 3 heterocycles. The number of para-hydroxylation sites is 1. The predicted molar refractivity (Wildman–Crippen MR) is 95.4 cm³/mol. The second-order valence-corrected chi connectivity index (χ2v) is 5.77. The lowest BCUT2D eigenvalue weighted by Crippen LogP contribution is -2.30. The van der Waals surface area contributed by atoms with Crippen LogP contribution in [0.5, 0.6) is 0 Å². The molecule has 0 spiro atoms. The summed E-state index contributed by atoms with van der Waals surface area (Å²) in [6.07, 6.45) is 3.06. The Morgan fingerprint density at radius 3 is 2.62 bits per heavy atom. The van der Waals surface area contributed by atoms with E-state index in [-0.39, 0.29) is 12.5 Å². The number of aromatic nitrogens is 1. The first kappa shape index (κ1) is 16.1. The SMILES string of the molecule is O=C(NC(CO)c1ccco1)c1cc(-c2ccco2)nc2ccccc12. The maximum Gasteiger partial charge on any atom is 0.252 e. The van der Waals surface area contributed by atoms with Gasteiger partial charge in [0, 0.05) is 5.39 Å². The van der Waals surface area contributed by atoms with Gasteiger partial charge in [-0.3, -0.25) is 4.79 Å². The van der Waals surface area contributed by atoms with Crippen LogP contribution in [-0.4, -0.2) is 22.6 Å². The van der Waals surface area contributed by atoms with Gasteiger partial charge in [0.15, 0.2) is 5.76 Å². The third-order valence-corrected chi connectivity index (χ3v) is 4.11. The molecular weight excluding hydrogens is 332 g/mol. The normalized spacial score (nSPS) is 12.2. The van der Waals surface area contributed by atoms with Crippen LogP contribution in [0.15, 0.2) is 76.0 Å². The number of pyridine rings is 1. The number of carbonyl (C=O) groups is 1. The molecule has 1 aromatic carbocycles. The van der Waals surface area contributed by atoms with Gasteiger partial charge in [0.25, 0.3) is 5.91 Å². The van der Waals surface area contributed by atoms with Gasteiger partial charge < -0.3 is 19.3 Å². The van der Waals surface area contributed by atoms with Crippen LogP contribution in [0, 0.1) is 0 Å². The Morgan fingerprint density at radius 1 is 1.08 bits per heavy atom. The summed E-state index contributed by atoms with van der Waals surface area (Å²) in [5.74, 6) is 0.742. The summed E-state index contributed by atoms with van der Waals surface area (Å²) in [7, 11) is 0. The van der Waals surface area contributed by atoms with Crippen LogP contribution in [-0.2, 0) is 0 Å². The van der Waals surface area contributed by atoms with Gasteiger partial charge in [0.1, 0.15) is 17.5 Å². The Labute approximate surface area is 149 Å². The molecule has 0 radical (unpaired) electrons. The first-order valence-electron chi connectivity index (χ1n) is 8.15. The number of rotatable bonds is 5. The van der Waals surface area contributed by atoms with E-state index in [1.807, 2.05) is 24.3 Å². The molecule has 4 rings (SSSR count). The number of amides is 1. The highest BCUT2D eigenvalue weighted by Crippen LogP contribution is 2.26. The molecule has 1 amide bonds. The number of nitrogens with one attached hydrogen (secondary N) is 1. The van der Waals surface area contributed by atoms with Crippen molar-refractivity contribution in [1.29, 1.82) is 0 Å². The molecule has 26 heavy (non-hydrogen) atoms. The zero-order valence-corrected chi connectivity index (χ0v) is 13.8. The second kappa shape index (κ2) is 6.85. The van der Waals surface area contributed by atoms with Crippen molar-refractivity contribution in [1.82, 2.24) is 10.3 Å². The Balaban J connectivity index is 1.75. The zero-order chi connectivity index (χ0) is 17.9. The van der Waals surface area contributed by atoms with Crippen molar-refractivity contribution in [2.75, 3.05) is 6.61 Å². The van der Waals surface area contributed by atoms with E-state index >= 15 is 0 Å². The van der Waals surface area contributed by atoms with Crippen LogP contribution in [0.2, 0.25) is 0 Å². The fourth-order valence-corrected chi connectivity index (χ4v) is 2.85. The number of aliphatic hydroxyl groups excluding tert-OH is 1. The number of hydrogen-bond acceptors (Lipinski definition) is 5. The minimum absolute atomic E-state index is 0.271. The van der Waals surface area contributed by atoms with Gasteiger partial charge in [-0.05, 0) is 36.4 Å². The molecule has 0 aliphatic heterocycles. The average molecular weight is 348 g/mol. The molecule has 6 heteroatoms. The van der Waals surface area contributed by atoms with Crippen molar-refractivity contribution >= 4 is 16.8 Å². The largest absolute Gasteiger partial charge is 0.467 e. The van der Waals surface area contributed by atoms with Gasteiger partial charge in [-0.15, -0.1) is 0 Å². The van der Waals surface area contributed by atoms with Gasteiger partial charge in [-0.2, -0.15) is 0 Å². The topological polar surface area (TPSA) is 88.5 Å². The van der Waals surface area contributed by atoms with Gasteiger partial charge >= 0.3 is 0 Å². The van der Waals surface area contributed by atoms with Crippen molar-refractivity contribution in [3.63, 3.8) is 0 Å². The van der Waals surface area contributed by atoms with Crippen LogP contribution in [0.4, 0.5) is 0 Å². The minimum atomic E-state index is -0.628. The predicted octanol–water partition coefficient (Wildman–Crippen LogP) is 3.55. The van der Waals surface area contributed by atoms with Crippen LogP contribution < -0.4 is 5.32 Å². The molecule has 0 aliphatic rings. The second-order valence-electron chi connectivity index (χ2n) is 5.77. The van der Waals surface area contributed by atoms with E-state index in [1.54, 1.807) is 36.6 Å². The summed E-state index contributed by atoms with van der Waals surface area (Å²) < 4.78 is 10.7. The molecule has 1 atom stereocenters. The van der Waals surface area contributed by atoms with E-state index < -0.39 is 6.04 Å². The molecule has 2 N–H and O–H groups in total. The first-order chi connectivity index (χ1) is 12.8. The van der Waals surface area contributed by atoms with Crippen LogP contribution in [0.25, 0.3) is 22.4 Å². The van der Waals surface area contributed by atoms with Gasteiger partial charge in [-0.1, -0.05) is 18.2 Å². The van der Waals surface area contributed by atoms with Gasteiger partial charge in [-0.25, -0.2) is 4.98 Å². The van der Waals surface area contributed by atoms with E-state index in [9.17, 15) is 9.90 Å². The van der Waals surface area contributed by atoms with Crippen LogP contribution >= 0.6 is 0 Å². The summed E-state index contributed by atoms with van der Waals surface area (Å²) in [6.45, 7) is -0.271. The van der Waals surface area contributed by atoms with Crippen molar-refractivity contribution in [2.45, 2.75) is 6.04 Å². The number of hydrogen-bond donors (Lipinski definition) is 2. The Bertz CT molecular complexity index is 1020. The molecule has 3 aromatic heterocycles. The molecule has 4 aromatic rings. The molecule has 0 saturated carbocycles. The molecule has 130 valence electrons. The molecule has 0 bridgehead atoms. The lowest BCUT2D eigenvalue weighted by Gasteiger charge is -2.15. The van der Waals surface area contributed by atoms with Crippen molar-refractivity contribution < 1.29 is 18.7 Å². The average Bonchev–Trinajstić information content (AvgIpc) is 3.39. The Morgan fingerprint density at radius 2 is 1.88 bits per heavy atom. The number of aliphatic hydroxyl groups is 1. The maximum atomic E-state index is 12.9. The van der Waals surface area contributed by atoms with Crippen LogP contribution in [0.1, 0.15) is 22.2 Å². The lowest BCUT2D eigenvalue weighted by molar-refractivity contribution is 0.0909. The van der Waals surface area contributed by atoms with Gasteiger partial charge in [0.05, 0.1) is 30.2 Å². The van der Waals surface area contributed by atoms with Crippen molar-refractivity contribution in [3.8, 4) is 11.5 Å². The number of nitrogens with zero attached hydrogens (tertiary/aromatic N) is 1. The fourth-order valence-electron chi connectivity index (χ4n) is 2.85. The molecule has 6 nitrogen and oxygen atoms in total. The summed E-state index contributed by atoms with van der Waals surface area (Å²) in [5.41, 5.74) is 1.70. The smallest absolute Gasteiger partial charge is 0.252 e. The highest BCUT2D eigenvalue weighted by molar-refractivity contribution is 6.07. The van der Waals surface area contributed by atoms with Crippen molar-refractivity contribution in [2.24, 2.45) is 0 Å². The molecule has 0 aliphatic carbocycles.